The van der Waals surface area contributed by atoms with Gasteiger partial charge in [-0.15, -0.1) is 0 Å². The number of hydrogen-bond acceptors (Lipinski definition) is 4. The topological polar surface area (TPSA) is 72.2 Å². The minimum Gasteiger partial charge on any atom is -0.422 e. The van der Waals surface area contributed by atoms with E-state index in [1.807, 2.05) is 12.1 Å². The molecule has 0 unspecified atom stereocenters. The quantitative estimate of drug-likeness (QED) is 0.336. The van der Waals surface area contributed by atoms with Crippen LogP contribution in [0.5, 0.6) is 0 Å². The van der Waals surface area contributed by atoms with Crippen LogP contribution in [0.2, 0.25) is 5.02 Å². The van der Waals surface area contributed by atoms with Crippen LogP contribution in [0, 0.1) is 6.92 Å². The highest BCUT2D eigenvalue weighted by molar-refractivity contribution is 9.10. The Labute approximate surface area is 167 Å². The Balaban J connectivity index is 1.86. The zero-order valence-corrected chi connectivity index (χ0v) is 16.4. The van der Waals surface area contributed by atoms with Gasteiger partial charge < -0.3 is 9.73 Å². The van der Waals surface area contributed by atoms with Gasteiger partial charge in [-0.25, -0.2) is 9.78 Å². The Morgan fingerprint density at radius 1 is 1.19 bits per heavy atom. The van der Waals surface area contributed by atoms with Crippen molar-refractivity contribution < 1.29 is 9.21 Å². The van der Waals surface area contributed by atoms with Crippen LogP contribution in [0.1, 0.15) is 15.9 Å². The van der Waals surface area contributed by atoms with Crippen molar-refractivity contribution in [2.24, 2.45) is 0 Å². The fourth-order valence-corrected chi connectivity index (χ4v) is 3.51. The van der Waals surface area contributed by atoms with Gasteiger partial charge in [0, 0.05) is 9.86 Å². The number of carbonyl (C=O) groups excluding carboxylic acids is 1. The second kappa shape index (κ2) is 6.79. The summed E-state index contributed by atoms with van der Waals surface area (Å²) in [6, 6.07) is 13.8. The maximum Gasteiger partial charge on any atom is 0.346 e. The second-order valence-corrected chi connectivity index (χ2v) is 7.33. The molecule has 2 aromatic heterocycles. The van der Waals surface area contributed by atoms with Crippen LogP contribution in [0.3, 0.4) is 0 Å². The van der Waals surface area contributed by atoms with Gasteiger partial charge in [0.05, 0.1) is 21.5 Å². The van der Waals surface area contributed by atoms with Crippen molar-refractivity contribution in [2.45, 2.75) is 6.92 Å². The lowest BCUT2D eigenvalue weighted by molar-refractivity contribution is 0.102. The highest BCUT2D eigenvalue weighted by Gasteiger charge is 2.16. The fourth-order valence-electron chi connectivity index (χ4n) is 2.95. The molecule has 0 saturated heterocycles. The number of para-hydroxylation sites is 1. The molecule has 4 aromatic rings. The molecule has 0 fully saturated rings. The lowest BCUT2D eigenvalue weighted by Crippen LogP contribution is -2.14. The largest absolute Gasteiger partial charge is 0.422 e. The van der Waals surface area contributed by atoms with Crippen molar-refractivity contribution in [2.75, 3.05) is 5.32 Å². The van der Waals surface area contributed by atoms with Gasteiger partial charge in [0.15, 0.2) is 0 Å². The Morgan fingerprint density at radius 2 is 1.96 bits per heavy atom. The van der Waals surface area contributed by atoms with E-state index in [1.54, 1.807) is 43.3 Å². The first-order valence-corrected chi connectivity index (χ1v) is 9.21. The third kappa shape index (κ3) is 3.22. The Morgan fingerprint density at radius 3 is 2.78 bits per heavy atom. The second-order valence-electron chi connectivity index (χ2n) is 6.01. The zero-order chi connectivity index (χ0) is 19.1. The molecular formula is C20H12BrClN2O3. The van der Waals surface area contributed by atoms with Gasteiger partial charge in [-0.05, 0) is 48.9 Å². The summed E-state index contributed by atoms with van der Waals surface area (Å²) in [4.78, 5) is 29.5. The van der Waals surface area contributed by atoms with Crippen molar-refractivity contribution >= 4 is 61.1 Å². The predicted molar refractivity (Wildman–Crippen MR) is 110 cm³/mol. The molecule has 0 atom stereocenters. The molecule has 0 saturated carbocycles. The van der Waals surface area contributed by atoms with E-state index >= 15 is 0 Å². The maximum atomic E-state index is 12.6. The maximum absolute atomic E-state index is 12.6. The van der Waals surface area contributed by atoms with E-state index in [4.69, 9.17) is 16.0 Å². The van der Waals surface area contributed by atoms with Crippen molar-refractivity contribution in [3.8, 4) is 0 Å². The molecule has 0 aliphatic rings. The van der Waals surface area contributed by atoms with Gasteiger partial charge >= 0.3 is 5.63 Å². The Hall–Kier alpha value is -2.70. The standard InChI is InChI=1S/C20H12BrClN2O3/c1-10-8-16(24-19(25)13-9-11(21)6-7-14(13)22)23-18-12-4-2-3-5-15(12)27-20(26)17(10)18/h2-9H,1H3,(H,23,24,25). The average Bonchev–Trinajstić information content (AvgIpc) is 2.63. The number of pyridine rings is 1. The van der Waals surface area contributed by atoms with E-state index in [-0.39, 0.29) is 5.91 Å². The molecule has 0 bridgehead atoms. The number of nitrogens with one attached hydrogen (secondary N) is 1. The van der Waals surface area contributed by atoms with E-state index < -0.39 is 5.63 Å². The third-order valence-electron chi connectivity index (χ3n) is 4.18. The lowest BCUT2D eigenvalue weighted by atomic mass is 10.1. The summed E-state index contributed by atoms with van der Waals surface area (Å²) < 4.78 is 6.11. The molecule has 0 radical (unpaired) electrons. The summed E-state index contributed by atoms with van der Waals surface area (Å²) in [6.45, 7) is 1.78. The molecule has 0 aliphatic carbocycles. The van der Waals surface area contributed by atoms with Crippen molar-refractivity contribution in [3.05, 3.63) is 79.6 Å². The summed E-state index contributed by atoms with van der Waals surface area (Å²) >= 11 is 9.46. The van der Waals surface area contributed by atoms with Gasteiger partial charge in [-0.3, -0.25) is 4.79 Å². The molecule has 2 heterocycles. The number of fused-ring (bicyclic) bond motifs is 3. The van der Waals surface area contributed by atoms with Crippen LogP contribution in [-0.4, -0.2) is 10.9 Å². The molecule has 0 spiro atoms. The van der Waals surface area contributed by atoms with Crippen LogP contribution in [0.15, 0.2) is 62.2 Å². The van der Waals surface area contributed by atoms with E-state index in [0.717, 1.165) is 4.47 Å². The smallest absolute Gasteiger partial charge is 0.346 e. The normalized spacial score (nSPS) is 11.1. The monoisotopic (exact) mass is 442 g/mol. The number of nitrogens with zero attached hydrogens (tertiary/aromatic N) is 1. The molecule has 4 rings (SSSR count). The van der Waals surface area contributed by atoms with E-state index in [1.165, 1.54) is 0 Å². The summed E-state index contributed by atoms with van der Waals surface area (Å²) in [5.74, 6) is -0.0587. The number of benzene rings is 2. The first kappa shape index (κ1) is 17.7. The van der Waals surface area contributed by atoms with E-state index in [0.29, 0.717) is 43.8 Å². The minimum absolute atomic E-state index is 0.322. The third-order valence-corrected chi connectivity index (χ3v) is 5.00. The molecule has 1 amide bonds. The van der Waals surface area contributed by atoms with Crippen molar-refractivity contribution in [1.82, 2.24) is 4.98 Å². The summed E-state index contributed by atoms with van der Waals surface area (Å²) in [6.07, 6.45) is 0. The van der Waals surface area contributed by atoms with E-state index in [9.17, 15) is 9.59 Å². The first-order valence-electron chi connectivity index (χ1n) is 8.03. The van der Waals surface area contributed by atoms with Crippen LogP contribution < -0.4 is 10.9 Å². The number of carbonyl (C=O) groups is 1. The van der Waals surface area contributed by atoms with Crippen LogP contribution in [-0.2, 0) is 0 Å². The minimum atomic E-state index is -0.457. The molecule has 1 N–H and O–H groups in total. The van der Waals surface area contributed by atoms with Crippen LogP contribution >= 0.6 is 27.5 Å². The number of halogens is 2. The van der Waals surface area contributed by atoms with E-state index in [2.05, 4.69) is 26.2 Å². The van der Waals surface area contributed by atoms with Crippen molar-refractivity contribution in [1.29, 1.82) is 0 Å². The zero-order valence-electron chi connectivity index (χ0n) is 14.0. The average molecular weight is 444 g/mol. The fraction of sp³-hybridized carbons (Fsp3) is 0.0500. The number of amides is 1. The first-order chi connectivity index (χ1) is 12.9. The summed E-state index contributed by atoms with van der Waals surface area (Å²) in [5, 5.41) is 4.18. The Kier molecular flexibility index (Phi) is 4.45. The van der Waals surface area contributed by atoms with Crippen LogP contribution in [0.25, 0.3) is 21.9 Å². The van der Waals surface area contributed by atoms with Gasteiger partial charge in [0.1, 0.15) is 11.4 Å². The number of hydrogen-bond donors (Lipinski definition) is 1. The number of aryl methyl sites for hydroxylation is 1. The number of rotatable bonds is 2. The van der Waals surface area contributed by atoms with Gasteiger partial charge in [-0.2, -0.15) is 0 Å². The number of aromatic nitrogens is 1. The molecule has 0 aliphatic heterocycles. The SMILES string of the molecule is Cc1cc(NC(=O)c2cc(Br)ccc2Cl)nc2c1c(=O)oc1ccccc12. The number of anilines is 1. The van der Waals surface area contributed by atoms with Crippen LogP contribution in [0.4, 0.5) is 5.82 Å². The summed E-state index contributed by atoms with van der Waals surface area (Å²) in [5.41, 5.74) is 1.46. The highest BCUT2D eigenvalue weighted by Crippen LogP contribution is 2.26. The lowest BCUT2D eigenvalue weighted by Gasteiger charge is -2.10. The molecule has 2 aromatic carbocycles. The molecular weight excluding hydrogens is 432 g/mol. The highest BCUT2D eigenvalue weighted by atomic mass is 79.9. The molecule has 7 heteroatoms. The molecule has 5 nitrogen and oxygen atoms in total. The molecule has 27 heavy (non-hydrogen) atoms. The van der Waals surface area contributed by atoms with Gasteiger partial charge in [0.2, 0.25) is 0 Å². The Bertz CT molecular complexity index is 1280. The van der Waals surface area contributed by atoms with Gasteiger partial charge in [-0.1, -0.05) is 39.7 Å². The predicted octanol–water partition coefficient (Wildman–Crippen LogP) is 5.32. The summed E-state index contributed by atoms with van der Waals surface area (Å²) in [7, 11) is 0. The molecule has 134 valence electrons. The van der Waals surface area contributed by atoms with Crippen molar-refractivity contribution in [3.63, 3.8) is 0 Å². The van der Waals surface area contributed by atoms with Gasteiger partial charge in [0.25, 0.3) is 5.91 Å².